The van der Waals surface area contributed by atoms with Gasteiger partial charge in [0.1, 0.15) is 0 Å². The molecule has 2 N–H and O–H groups in total. The van der Waals surface area contributed by atoms with Crippen molar-refractivity contribution < 1.29 is 4.79 Å². The molecule has 0 spiro atoms. The van der Waals surface area contributed by atoms with Crippen molar-refractivity contribution in [3.63, 3.8) is 0 Å². The van der Waals surface area contributed by atoms with Crippen molar-refractivity contribution in [2.75, 3.05) is 0 Å². The minimum absolute atomic E-state index is 0.155. The highest BCUT2D eigenvalue weighted by atomic mass is 16.1. The lowest BCUT2D eigenvalue weighted by atomic mass is 9.94. The first-order chi connectivity index (χ1) is 6.75. The summed E-state index contributed by atoms with van der Waals surface area (Å²) in [5, 5.41) is 0. The Morgan fingerprint density at radius 2 is 2.14 bits per heavy atom. The minimum Gasteiger partial charge on any atom is -0.369 e. The Morgan fingerprint density at radius 1 is 1.50 bits per heavy atom. The molecule has 0 saturated carbocycles. The van der Waals surface area contributed by atoms with Crippen LogP contribution in [0.25, 0.3) is 0 Å². The van der Waals surface area contributed by atoms with Crippen molar-refractivity contribution in [3.8, 4) is 0 Å². The summed E-state index contributed by atoms with van der Waals surface area (Å²) in [5.74, 6) is -0.400. The fraction of sp³-hybridized carbons (Fsp3) is 0.455. The van der Waals surface area contributed by atoms with Crippen LogP contribution in [0.1, 0.15) is 37.7 Å². The van der Waals surface area contributed by atoms with E-state index in [-0.39, 0.29) is 11.8 Å². The molecule has 1 aromatic heterocycles. The van der Waals surface area contributed by atoms with Crippen LogP contribution < -0.4 is 5.73 Å². The summed E-state index contributed by atoms with van der Waals surface area (Å²) in [6.45, 7) is 2.10. The smallest absolute Gasteiger partial charge is 0.224 e. The van der Waals surface area contributed by atoms with Gasteiger partial charge in [-0.2, -0.15) is 0 Å². The lowest BCUT2D eigenvalue weighted by Crippen LogP contribution is -2.21. The fourth-order valence-corrected chi connectivity index (χ4v) is 1.48. The molecular formula is C11H16N2O. The summed E-state index contributed by atoms with van der Waals surface area (Å²) < 4.78 is 0. The van der Waals surface area contributed by atoms with Gasteiger partial charge in [0.2, 0.25) is 5.91 Å². The average molecular weight is 192 g/mol. The van der Waals surface area contributed by atoms with E-state index in [1.165, 1.54) is 0 Å². The number of rotatable bonds is 5. The summed E-state index contributed by atoms with van der Waals surface area (Å²) in [6, 6.07) is 3.70. The van der Waals surface area contributed by atoms with Crippen LogP contribution in [0.3, 0.4) is 0 Å². The Hall–Kier alpha value is -1.38. The Balaban J connectivity index is 2.73. The maximum Gasteiger partial charge on any atom is 0.224 e. The van der Waals surface area contributed by atoms with Gasteiger partial charge in [-0.1, -0.05) is 19.8 Å². The number of unbranched alkanes of at least 4 members (excludes halogenated alkanes) is 1. The van der Waals surface area contributed by atoms with Crippen molar-refractivity contribution in [1.82, 2.24) is 4.98 Å². The van der Waals surface area contributed by atoms with Crippen molar-refractivity contribution >= 4 is 5.91 Å². The number of aromatic nitrogens is 1. The molecule has 3 heteroatoms. The van der Waals surface area contributed by atoms with Crippen LogP contribution >= 0.6 is 0 Å². The van der Waals surface area contributed by atoms with Crippen molar-refractivity contribution in [1.29, 1.82) is 0 Å². The summed E-state index contributed by atoms with van der Waals surface area (Å²) >= 11 is 0. The number of amides is 1. The van der Waals surface area contributed by atoms with Crippen molar-refractivity contribution in [3.05, 3.63) is 30.1 Å². The number of carbonyl (C=O) groups is 1. The molecule has 0 aromatic carbocycles. The van der Waals surface area contributed by atoms with E-state index in [0.717, 1.165) is 24.8 Å². The predicted octanol–water partition coefficient (Wildman–Crippen LogP) is 1.84. The van der Waals surface area contributed by atoms with Crippen LogP contribution in [0.2, 0.25) is 0 Å². The number of hydrogen-bond acceptors (Lipinski definition) is 2. The highest BCUT2D eigenvalue weighted by Gasteiger charge is 2.16. The quantitative estimate of drug-likeness (QED) is 0.773. The van der Waals surface area contributed by atoms with Crippen LogP contribution in [0.5, 0.6) is 0 Å². The Labute approximate surface area is 84.3 Å². The number of carbonyl (C=O) groups excluding carboxylic acids is 1. The van der Waals surface area contributed by atoms with Gasteiger partial charge < -0.3 is 5.73 Å². The van der Waals surface area contributed by atoms with E-state index in [1.807, 2.05) is 12.1 Å². The topological polar surface area (TPSA) is 56.0 Å². The Morgan fingerprint density at radius 3 is 2.64 bits per heavy atom. The van der Waals surface area contributed by atoms with Gasteiger partial charge in [0, 0.05) is 12.4 Å². The number of nitrogens with zero attached hydrogens (tertiary/aromatic N) is 1. The fourth-order valence-electron chi connectivity index (χ4n) is 1.48. The number of hydrogen-bond donors (Lipinski definition) is 1. The second kappa shape index (κ2) is 5.37. The summed E-state index contributed by atoms with van der Waals surface area (Å²) in [5.41, 5.74) is 6.32. The molecule has 0 aliphatic carbocycles. The van der Waals surface area contributed by atoms with Gasteiger partial charge in [-0.05, 0) is 24.1 Å². The zero-order valence-corrected chi connectivity index (χ0v) is 8.44. The largest absolute Gasteiger partial charge is 0.369 e. The zero-order chi connectivity index (χ0) is 10.4. The van der Waals surface area contributed by atoms with Gasteiger partial charge in [0.25, 0.3) is 0 Å². The Bertz CT molecular complexity index is 285. The maximum atomic E-state index is 11.2. The summed E-state index contributed by atoms with van der Waals surface area (Å²) in [4.78, 5) is 15.1. The molecule has 1 heterocycles. The van der Waals surface area contributed by atoms with E-state index in [4.69, 9.17) is 5.73 Å². The Kier molecular flexibility index (Phi) is 4.11. The second-order valence-electron chi connectivity index (χ2n) is 3.38. The van der Waals surface area contributed by atoms with Crippen molar-refractivity contribution in [2.45, 2.75) is 32.1 Å². The highest BCUT2D eigenvalue weighted by molar-refractivity contribution is 5.81. The lowest BCUT2D eigenvalue weighted by Gasteiger charge is -2.12. The van der Waals surface area contributed by atoms with Gasteiger partial charge in [0.05, 0.1) is 5.92 Å². The van der Waals surface area contributed by atoms with Gasteiger partial charge in [-0.3, -0.25) is 9.78 Å². The molecule has 0 aliphatic rings. The zero-order valence-electron chi connectivity index (χ0n) is 8.44. The molecular weight excluding hydrogens is 176 g/mol. The van der Waals surface area contributed by atoms with E-state index >= 15 is 0 Å². The molecule has 0 radical (unpaired) electrons. The first kappa shape index (κ1) is 10.7. The molecule has 0 aliphatic heterocycles. The van der Waals surface area contributed by atoms with Crippen LogP contribution in [0, 0.1) is 0 Å². The maximum absolute atomic E-state index is 11.2. The van der Waals surface area contributed by atoms with E-state index in [0.29, 0.717) is 0 Å². The predicted molar refractivity (Wildman–Crippen MR) is 55.7 cm³/mol. The molecule has 1 atom stereocenters. The van der Waals surface area contributed by atoms with E-state index < -0.39 is 0 Å². The van der Waals surface area contributed by atoms with Gasteiger partial charge in [-0.25, -0.2) is 0 Å². The monoisotopic (exact) mass is 192 g/mol. The molecule has 3 nitrogen and oxygen atoms in total. The van der Waals surface area contributed by atoms with Crippen LogP contribution in [-0.4, -0.2) is 10.9 Å². The number of pyridine rings is 1. The normalized spacial score (nSPS) is 12.4. The van der Waals surface area contributed by atoms with Crippen molar-refractivity contribution in [2.24, 2.45) is 5.73 Å². The molecule has 1 amide bonds. The number of primary amides is 1. The summed E-state index contributed by atoms with van der Waals surface area (Å²) in [7, 11) is 0. The van der Waals surface area contributed by atoms with E-state index in [1.54, 1.807) is 12.4 Å². The number of nitrogens with two attached hydrogens (primary N) is 1. The van der Waals surface area contributed by atoms with E-state index in [9.17, 15) is 4.79 Å². The molecule has 0 fully saturated rings. The molecule has 1 aromatic rings. The van der Waals surface area contributed by atoms with Crippen LogP contribution in [-0.2, 0) is 4.79 Å². The van der Waals surface area contributed by atoms with Gasteiger partial charge in [0.15, 0.2) is 0 Å². The van der Waals surface area contributed by atoms with Crippen LogP contribution in [0.15, 0.2) is 24.5 Å². The average Bonchev–Trinajstić information content (AvgIpc) is 2.19. The lowest BCUT2D eigenvalue weighted by molar-refractivity contribution is -0.119. The molecule has 14 heavy (non-hydrogen) atoms. The standard InChI is InChI=1S/C11H16N2O/c1-2-3-4-10(11(12)14)9-5-7-13-8-6-9/h5-8,10H,2-4H2,1H3,(H2,12,14). The van der Waals surface area contributed by atoms with Gasteiger partial charge in [-0.15, -0.1) is 0 Å². The third-order valence-electron chi connectivity index (χ3n) is 2.30. The third-order valence-corrected chi connectivity index (χ3v) is 2.30. The molecule has 76 valence electrons. The molecule has 1 unspecified atom stereocenters. The highest BCUT2D eigenvalue weighted by Crippen LogP contribution is 2.20. The van der Waals surface area contributed by atoms with Crippen LogP contribution in [0.4, 0.5) is 0 Å². The summed E-state index contributed by atoms with van der Waals surface area (Å²) in [6.07, 6.45) is 6.31. The molecule has 1 rings (SSSR count). The SMILES string of the molecule is CCCCC(C(N)=O)c1ccncc1. The first-order valence-electron chi connectivity index (χ1n) is 4.95. The second-order valence-corrected chi connectivity index (χ2v) is 3.38. The first-order valence-corrected chi connectivity index (χ1v) is 4.95. The third kappa shape index (κ3) is 2.83. The van der Waals surface area contributed by atoms with Gasteiger partial charge >= 0.3 is 0 Å². The molecule has 0 saturated heterocycles. The molecule has 0 bridgehead atoms. The minimum atomic E-state index is -0.246. The van der Waals surface area contributed by atoms with E-state index in [2.05, 4.69) is 11.9 Å².